The molecule has 0 spiro atoms. The lowest BCUT2D eigenvalue weighted by Crippen LogP contribution is -2.45. The van der Waals surface area contributed by atoms with E-state index < -0.39 is 27.6 Å². The van der Waals surface area contributed by atoms with Crippen molar-refractivity contribution in [3.8, 4) is 0 Å². The molecule has 3 atom stereocenters. The lowest BCUT2D eigenvalue weighted by Gasteiger charge is -2.36. The Morgan fingerprint density at radius 3 is 2.62 bits per heavy atom. The zero-order valence-corrected chi connectivity index (χ0v) is 10.00. The molecule has 0 aromatic rings. The van der Waals surface area contributed by atoms with Gasteiger partial charge in [0, 0.05) is 0 Å². The molecule has 2 rings (SSSR count). The van der Waals surface area contributed by atoms with Crippen molar-refractivity contribution in [3.63, 3.8) is 0 Å². The third-order valence-electron chi connectivity index (χ3n) is 3.82. The summed E-state index contributed by atoms with van der Waals surface area (Å²) < 4.78 is 27.2. The Kier molecular flexibility index (Phi) is 2.74. The lowest BCUT2D eigenvalue weighted by atomic mass is 9.73. The van der Waals surface area contributed by atoms with Gasteiger partial charge in [0.15, 0.2) is 0 Å². The first kappa shape index (κ1) is 11.9. The van der Waals surface area contributed by atoms with Crippen LogP contribution in [0.1, 0.15) is 32.1 Å². The number of hydrogen-bond acceptors (Lipinski definition) is 4. The van der Waals surface area contributed by atoms with E-state index in [2.05, 4.69) is 0 Å². The normalized spacial score (nSPS) is 38.6. The smallest absolute Gasteiger partial charge is 0.312 e. The summed E-state index contributed by atoms with van der Waals surface area (Å²) in [5.74, 6) is -0.487. The Morgan fingerprint density at radius 2 is 2.06 bits per heavy atom. The summed E-state index contributed by atoms with van der Waals surface area (Å²) in [5.41, 5.74) is -0.966. The van der Waals surface area contributed by atoms with Crippen LogP contribution < -0.4 is 0 Å². The Morgan fingerprint density at radius 1 is 1.38 bits per heavy atom. The summed E-state index contributed by atoms with van der Waals surface area (Å²) in [6, 6.07) is 0. The van der Waals surface area contributed by atoms with E-state index in [1.54, 1.807) is 0 Å². The molecule has 2 saturated carbocycles. The maximum Gasteiger partial charge on any atom is 0.312 e. The van der Waals surface area contributed by atoms with Gasteiger partial charge in [-0.3, -0.25) is 8.98 Å². The largest absolute Gasteiger partial charge is 0.481 e. The highest BCUT2D eigenvalue weighted by Gasteiger charge is 2.55. The Hall–Kier alpha value is -0.620. The van der Waals surface area contributed by atoms with E-state index in [-0.39, 0.29) is 0 Å². The molecule has 2 bridgehead atoms. The van der Waals surface area contributed by atoms with Gasteiger partial charge in [-0.05, 0) is 38.0 Å². The van der Waals surface area contributed by atoms with Crippen LogP contribution in [-0.2, 0) is 19.1 Å². The predicted molar refractivity (Wildman–Crippen MR) is 56.4 cm³/mol. The molecule has 0 radical (unpaired) electrons. The highest BCUT2D eigenvalue weighted by molar-refractivity contribution is 7.86. The SMILES string of the molecule is CS(=O)(=O)O[C@@H]1CC[C@@H]2CC[C@]1(C(=O)O)C2. The number of rotatable bonds is 3. The Balaban J connectivity index is 2.26. The van der Waals surface area contributed by atoms with Crippen molar-refractivity contribution in [2.75, 3.05) is 6.26 Å². The molecular formula is C10H16O5S. The molecule has 2 aliphatic rings. The van der Waals surface area contributed by atoms with Crippen LogP contribution in [0.25, 0.3) is 0 Å². The van der Waals surface area contributed by atoms with Crippen molar-refractivity contribution in [1.82, 2.24) is 0 Å². The zero-order chi connectivity index (χ0) is 12.0. The molecule has 2 aliphatic carbocycles. The van der Waals surface area contributed by atoms with Crippen LogP contribution in [0.3, 0.4) is 0 Å². The first-order valence-electron chi connectivity index (χ1n) is 5.45. The lowest BCUT2D eigenvalue weighted by molar-refractivity contribution is -0.156. The molecule has 0 aromatic carbocycles. The van der Waals surface area contributed by atoms with Crippen LogP contribution >= 0.6 is 0 Å². The molecule has 0 aliphatic heterocycles. The molecule has 0 saturated heterocycles. The van der Waals surface area contributed by atoms with Crippen LogP contribution in [0.15, 0.2) is 0 Å². The molecule has 2 fully saturated rings. The first-order chi connectivity index (χ1) is 7.33. The summed E-state index contributed by atoms with van der Waals surface area (Å²) in [7, 11) is -3.58. The second kappa shape index (κ2) is 3.70. The van der Waals surface area contributed by atoms with Crippen LogP contribution in [0.4, 0.5) is 0 Å². The molecule has 1 N–H and O–H groups in total. The van der Waals surface area contributed by atoms with Crippen molar-refractivity contribution in [2.24, 2.45) is 11.3 Å². The summed E-state index contributed by atoms with van der Waals surface area (Å²) in [5, 5.41) is 9.31. The fourth-order valence-corrected chi connectivity index (χ4v) is 3.77. The first-order valence-corrected chi connectivity index (χ1v) is 7.27. The van der Waals surface area contributed by atoms with Gasteiger partial charge in [-0.1, -0.05) is 0 Å². The monoisotopic (exact) mass is 248 g/mol. The van der Waals surface area contributed by atoms with E-state index in [9.17, 15) is 18.3 Å². The summed E-state index contributed by atoms with van der Waals surface area (Å²) in [6.07, 6.45) is 3.66. The number of aliphatic carboxylic acids is 1. The number of hydrogen-bond donors (Lipinski definition) is 1. The van der Waals surface area contributed by atoms with Gasteiger partial charge in [-0.2, -0.15) is 8.42 Å². The molecule has 5 nitrogen and oxygen atoms in total. The molecule has 0 aromatic heterocycles. The van der Waals surface area contributed by atoms with Gasteiger partial charge in [0.1, 0.15) is 0 Å². The van der Waals surface area contributed by atoms with Gasteiger partial charge in [0.25, 0.3) is 10.1 Å². The van der Waals surface area contributed by atoms with Crippen LogP contribution in [0, 0.1) is 11.3 Å². The Bertz CT molecular complexity index is 401. The van der Waals surface area contributed by atoms with E-state index >= 15 is 0 Å². The van der Waals surface area contributed by atoms with E-state index in [4.69, 9.17) is 4.18 Å². The van der Waals surface area contributed by atoms with Gasteiger partial charge < -0.3 is 5.11 Å². The van der Waals surface area contributed by atoms with Crippen molar-refractivity contribution in [3.05, 3.63) is 0 Å². The van der Waals surface area contributed by atoms with E-state index in [0.29, 0.717) is 25.2 Å². The fraction of sp³-hybridized carbons (Fsp3) is 0.900. The molecule has 0 amide bonds. The second-order valence-electron chi connectivity index (χ2n) is 4.94. The van der Waals surface area contributed by atoms with Gasteiger partial charge >= 0.3 is 5.97 Å². The molecule has 0 heterocycles. The maximum absolute atomic E-state index is 11.4. The molecular weight excluding hydrogens is 232 g/mol. The fourth-order valence-electron chi connectivity index (χ4n) is 3.07. The van der Waals surface area contributed by atoms with E-state index in [1.165, 1.54) is 0 Å². The predicted octanol–water partition coefficient (Wildman–Crippen LogP) is 0.996. The summed E-state index contributed by atoms with van der Waals surface area (Å²) >= 11 is 0. The minimum atomic E-state index is -3.58. The average Bonchev–Trinajstić information content (AvgIpc) is 2.49. The average molecular weight is 248 g/mol. The van der Waals surface area contributed by atoms with Crippen LogP contribution in [-0.4, -0.2) is 31.9 Å². The number of fused-ring (bicyclic) bond motifs is 2. The van der Waals surface area contributed by atoms with Crippen molar-refractivity contribution in [1.29, 1.82) is 0 Å². The second-order valence-corrected chi connectivity index (χ2v) is 6.54. The highest BCUT2D eigenvalue weighted by Crippen LogP contribution is 2.52. The van der Waals surface area contributed by atoms with Crippen molar-refractivity contribution >= 4 is 16.1 Å². The molecule has 0 unspecified atom stereocenters. The third-order valence-corrected chi connectivity index (χ3v) is 4.40. The number of carboxylic acid groups (broad SMARTS) is 1. The van der Waals surface area contributed by atoms with Crippen LogP contribution in [0.2, 0.25) is 0 Å². The molecule has 6 heteroatoms. The maximum atomic E-state index is 11.4. The summed E-state index contributed by atoms with van der Waals surface area (Å²) in [4.78, 5) is 11.4. The number of carboxylic acids is 1. The number of carbonyl (C=O) groups is 1. The van der Waals surface area contributed by atoms with E-state index in [0.717, 1.165) is 19.1 Å². The minimum Gasteiger partial charge on any atom is -0.481 e. The van der Waals surface area contributed by atoms with Crippen molar-refractivity contribution < 1.29 is 22.5 Å². The van der Waals surface area contributed by atoms with E-state index in [1.807, 2.05) is 0 Å². The zero-order valence-electron chi connectivity index (χ0n) is 9.18. The van der Waals surface area contributed by atoms with Crippen LogP contribution in [0.5, 0.6) is 0 Å². The van der Waals surface area contributed by atoms with Crippen molar-refractivity contribution in [2.45, 2.75) is 38.2 Å². The van der Waals surface area contributed by atoms with Gasteiger partial charge in [-0.25, -0.2) is 0 Å². The molecule has 16 heavy (non-hydrogen) atoms. The minimum absolute atomic E-state index is 0.426. The quantitative estimate of drug-likeness (QED) is 0.753. The topological polar surface area (TPSA) is 80.7 Å². The highest BCUT2D eigenvalue weighted by atomic mass is 32.2. The summed E-state index contributed by atoms with van der Waals surface area (Å²) in [6.45, 7) is 0. The van der Waals surface area contributed by atoms with Gasteiger partial charge in [0.05, 0.1) is 17.8 Å². The van der Waals surface area contributed by atoms with Gasteiger partial charge in [0.2, 0.25) is 0 Å². The van der Waals surface area contributed by atoms with Gasteiger partial charge in [-0.15, -0.1) is 0 Å². The third kappa shape index (κ3) is 1.96. The Labute approximate surface area is 94.9 Å². The molecule has 92 valence electrons. The standard InChI is InChI=1S/C10H16O5S/c1-16(13,14)15-8-3-2-7-4-5-10(8,6-7)9(11)12/h7-8H,2-6H2,1H3,(H,11,12)/t7-,8-,10+/m1/s1.